The first-order chi connectivity index (χ1) is 7.40. The van der Waals surface area contributed by atoms with Crippen molar-refractivity contribution in [1.82, 2.24) is 0 Å². The first-order valence-corrected chi connectivity index (χ1v) is 7.54. The van der Waals surface area contributed by atoms with E-state index in [1.165, 1.54) is 50.0 Å². The van der Waals surface area contributed by atoms with Crippen molar-refractivity contribution < 1.29 is 0 Å². The van der Waals surface area contributed by atoms with E-state index in [9.17, 15) is 0 Å². The molecule has 0 spiro atoms. The van der Waals surface area contributed by atoms with Gasteiger partial charge in [-0.15, -0.1) is 0 Å². The SMILES string of the molecule is NCC(=CC1CCSC1)C1CCCCC1. The molecule has 2 N–H and O–H groups in total. The zero-order chi connectivity index (χ0) is 10.5. The molecule has 1 aliphatic heterocycles. The summed E-state index contributed by atoms with van der Waals surface area (Å²) in [6.45, 7) is 0.797. The molecule has 15 heavy (non-hydrogen) atoms. The van der Waals surface area contributed by atoms with Gasteiger partial charge < -0.3 is 5.73 Å². The van der Waals surface area contributed by atoms with Gasteiger partial charge in [-0.2, -0.15) is 11.8 Å². The minimum absolute atomic E-state index is 0.797. The molecule has 0 bridgehead atoms. The van der Waals surface area contributed by atoms with E-state index in [-0.39, 0.29) is 0 Å². The molecule has 1 atom stereocenters. The molecule has 2 heteroatoms. The molecule has 1 nitrogen and oxygen atoms in total. The fraction of sp³-hybridized carbons (Fsp3) is 0.846. The van der Waals surface area contributed by atoms with Crippen molar-refractivity contribution in [2.24, 2.45) is 17.6 Å². The van der Waals surface area contributed by atoms with Gasteiger partial charge in [0.25, 0.3) is 0 Å². The molecule has 2 rings (SSSR count). The van der Waals surface area contributed by atoms with Crippen LogP contribution in [0.5, 0.6) is 0 Å². The zero-order valence-electron chi connectivity index (χ0n) is 9.58. The van der Waals surface area contributed by atoms with E-state index in [2.05, 4.69) is 17.8 Å². The van der Waals surface area contributed by atoms with Gasteiger partial charge in [0.05, 0.1) is 0 Å². The van der Waals surface area contributed by atoms with Gasteiger partial charge in [0.1, 0.15) is 0 Å². The summed E-state index contributed by atoms with van der Waals surface area (Å²) in [5.74, 6) is 4.34. The quantitative estimate of drug-likeness (QED) is 0.746. The van der Waals surface area contributed by atoms with E-state index < -0.39 is 0 Å². The van der Waals surface area contributed by atoms with Crippen LogP contribution in [-0.2, 0) is 0 Å². The van der Waals surface area contributed by atoms with Gasteiger partial charge in [-0.05, 0) is 42.6 Å². The summed E-state index contributed by atoms with van der Waals surface area (Å²) in [5.41, 5.74) is 7.48. The summed E-state index contributed by atoms with van der Waals surface area (Å²) in [6.07, 6.45) is 11.0. The molecule has 1 heterocycles. The molecular formula is C13H23NS. The average molecular weight is 225 g/mol. The van der Waals surface area contributed by atoms with Gasteiger partial charge in [0, 0.05) is 6.54 Å². The third-order valence-corrected chi connectivity index (χ3v) is 4.97. The molecular weight excluding hydrogens is 202 g/mol. The van der Waals surface area contributed by atoms with Crippen LogP contribution in [0.15, 0.2) is 11.6 Å². The van der Waals surface area contributed by atoms with Crippen LogP contribution in [0.25, 0.3) is 0 Å². The van der Waals surface area contributed by atoms with Crippen molar-refractivity contribution in [3.63, 3.8) is 0 Å². The Balaban J connectivity index is 1.94. The van der Waals surface area contributed by atoms with Gasteiger partial charge >= 0.3 is 0 Å². The van der Waals surface area contributed by atoms with Crippen LogP contribution in [0, 0.1) is 11.8 Å². The third-order valence-electron chi connectivity index (χ3n) is 3.78. The van der Waals surface area contributed by atoms with Crippen LogP contribution in [0.1, 0.15) is 38.5 Å². The van der Waals surface area contributed by atoms with E-state index in [1.807, 2.05) is 0 Å². The number of hydrogen-bond donors (Lipinski definition) is 1. The molecule has 1 saturated heterocycles. The number of hydrogen-bond acceptors (Lipinski definition) is 2. The molecule has 0 aromatic rings. The van der Waals surface area contributed by atoms with Crippen molar-refractivity contribution in [2.75, 3.05) is 18.1 Å². The highest BCUT2D eigenvalue weighted by Crippen LogP contribution is 2.32. The van der Waals surface area contributed by atoms with E-state index in [4.69, 9.17) is 5.73 Å². The van der Waals surface area contributed by atoms with Gasteiger partial charge in [-0.25, -0.2) is 0 Å². The summed E-state index contributed by atoms with van der Waals surface area (Å²) in [7, 11) is 0. The summed E-state index contributed by atoms with van der Waals surface area (Å²) in [4.78, 5) is 0. The van der Waals surface area contributed by atoms with Gasteiger partial charge in [-0.3, -0.25) is 0 Å². The molecule has 2 fully saturated rings. The third kappa shape index (κ3) is 3.25. The Morgan fingerprint density at radius 1 is 1.20 bits per heavy atom. The van der Waals surface area contributed by atoms with Crippen LogP contribution in [0.4, 0.5) is 0 Å². The monoisotopic (exact) mass is 225 g/mol. The first-order valence-electron chi connectivity index (χ1n) is 6.38. The number of thioether (sulfide) groups is 1. The van der Waals surface area contributed by atoms with E-state index >= 15 is 0 Å². The highest BCUT2D eigenvalue weighted by Gasteiger charge is 2.19. The molecule has 0 amide bonds. The fourth-order valence-electron chi connectivity index (χ4n) is 2.83. The summed E-state index contributed by atoms with van der Waals surface area (Å²) < 4.78 is 0. The maximum Gasteiger partial charge on any atom is 0.0139 e. The minimum Gasteiger partial charge on any atom is -0.327 e. The second-order valence-corrected chi connectivity index (χ2v) is 6.05. The maximum absolute atomic E-state index is 5.91. The minimum atomic E-state index is 0.797. The Hall–Kier alpha value is 0.0500. The standard InChI is InChI=1S/C13H23NS/c14-9-13(8-11-6-7-15-10-11)12-4-2-1-3-5-12/h8,11-12H,1-7,9-10,14H2. The van der Waals surface area contributed by atoms with E-state index in [1.54, 1.807) is 5.57 Å². The van der Waals surface area contributed by atoms with Crippen LogP contribution >= 0.6 is 11.8 Å². The summed E-state index contributed by atoms with van der Waals surface area (Å²) >= 11 is 2.10. The summed E-state index contributed by atoms with van der Waals surface area (Å²) in [6, 6.07) is 0. The van der Waals surface area contributed by atoms with Crippen LogP contribution < -0.4 is 5.73 Å². The van der Waals surface area contributed by atoms with Gasteiger partial charge in [0.15, 0.2) is 0 Å². The Morgan fingerprint density at radius 2 is 2.00 bits per heavy atom. The average Bonchev–Trinajstić information content (AvgIpc) is 2.80. The Kier molecular flexibility index (Phi) is 4.58. The predicted octanol–water partition coefficient (Wildman–Crippen LogP) is 3.20. The maximum atomic E-state index is 5.91. The van der Waals surface area contributed by atoms with Crippen molar-refractivity contribution in [3.05, 3.63) is 11.6 Å². The molecule has 0 radical (unpaired) electrons. The molecule has 0 aromatic carbocycles. The number of nitrogens with two attached hydrogens (primary N) is 1. The fourth-order valence-corrected chi connectivity index (χ4v) is 4.03. The molecule has 1 saturated carbocycles. The lowest BCUT2D eigenvalue weighted by Gasteiger charge is -2.24. The van der Waals surface area contributed by atoms with E-state index in [0.717, 1.165) is 18.4 Å². The van der Waals surface area contributed by atoms with Gasteiger partial charge in [-0.1, -0.05) is 30.9 Å². The molecule has 1 aliphatic carbocycles. The van der Waals surface area contributed by atoms with Crippen LogP contribution in [0.2, 0.25) is 0 Å². The number of rotatable bonds is 3. The van der Waals surface area contributed by atoms with Crippen molar-refractivity contribution in [1.29, 1.82) is 0 Å². The largest absolute Gasteiger partial charge is 0.327 e. The number of allylic oxidation sites excluding steroid dienone is 1. The Bertz CT molecular complexity index is 213. The smallest absolute Gasteiger partial charge is 0.0139 e. The summed E-state index contributed by atoms with van der Waals surface area (Å²) in [5, 5.41) is 0. The second-order valence-electron chi connectivity index (χ2n) is 4.90. The Morgan fingerprint density at radius 3 is 2.60 bits per heavy atom. The highest BCUT2D eigenvalue weighted by molar-refractivity contribution is 7.99. The molecule has 2 aliphatic rings. The van der Waals surface area contributed by atoms with Crippen LogP contribution in [-0.4, -0.2) is 18.1 Å². The molecule has 86 valence electrons. The predicted molar refractivity (Wildman–Crippen MR) is 69.1 cm³/mol. The van der Waals surface area contributed by atoms with Crippen LogP contribution in [0.3, 0.4) is 0 Å². The lowest BCUT2D eigenvalue weighted by Crippen LogP contribution is -2.17. The van der Waals surface area contributed by atoms with Gasteiger partial charge in [0.2, 0.25) is 0 Å². The molecule has 0 aromatic heterocycles. The van der Waals surface area contributed by atoms with Crippen molar-refractivity contribution >= 4 is 11.8 Å². The highest BCUT2D eigenvalue weighted by atomic mass is 32.2. The lowest BCUT2D eigenvalue weighted by molar-refractivity contribution is 0.397. The van der Waals surface area contributed by atoms with E-state index in [0.29, 0.717) is 0 Å². The topological polar surface area (TPSA) is 26.0 Å². The van der Waals surface area contributed by atoms with Crippen molar-refractivity contribution in [3.8, 4) is 0 Å². The Labute approximate surface area is 97.9 Å². The van der Waals surface area contributed by atoms with Crippen molar-refractivity contribution in [2.45, 2.75) is 38.5 Å². The zero-order valence-corrected chi connectivity index (χ0v) is 10.4. The first kappa shape index (κ1) is 11.5. The second kappa shape index (κ2) is 5.95. The lowest BCUT2D eigenvalue weighted by atomic mass is 9.82. The normalized spacial score (nSPS) is 29.7. The molecule has 1 unspecified atom stereocenters.